The van der Waals surface area contributed by atoms with Crippen molar-refractivity contribution >= 4 is 29.5 Å². The van der Waals surface area contributed by atoms with Crippen LogP contribution in [-0.4, -0.2) is 35.0 Å². The Kier molecular flexibility index (Phi) is 6.19. The molecule has 0 aliphatic carbocycles. The molecule has 1 aliphatic heterocycles. The molecule has 0 saturated heterocycles. The van der Waals surface area contributed by atoms with Gasteiger partial charge in [-0.1, -0.05) is 38.1 Å². The zero-order valence-electron chi connectivity index (χ0n) is 16.2. The lowest BCUT2D eigenvalue weighted by atomic mass is 10.0. The van der Waals surface area contributed by atoms with Crippen LogP contribution >= 0.6 is 11.8 Å². The number of rotatable bonds is 7. The number of thioether (sulfide) groups is 1. The Hall–Kier alpha value is -2.60. The number of benzene rings is 2. The van der Waals surface area contributed by atoms with E-state index in [-0.39, 0.29) is 12.5 Å². The van der Waals surface area contributed by atoms with Crippen molar-refractivity contribution in [2.45, 2.75) is 37.8 Å². The van der Waals surface area contributed by atoms with Gasteiger partial charge in [0.25, 0.3) is 11.8 Å². The molecule has 146 valence electrons. The van der Waals surface area contributed by atoms with Gasteiger partial charge in [0.1, 0.15) is 12.6 Å². The van der Waals surface area contributed by atoms with E-state index in [0.717, 1.165) is 15.4 Å². The third kappa shape index (κ3) is 4.12. The predicted molar refractivity (Wildman–Crippen MR) is 108 cm³/mol. The van der Waals surface area contributed by atoms with E-state index < -0.39 is 23.8 Å². The van der Waals surface area contributed by atoms with Crippen LogP contribution in [0.25, 0.3) is 0 Å². The molecule has 0 bridgehead atoms. The van der Waals surface area contributed by atoms with Crippen LogP contribution in [-0.2, 0) is 16.1 Å². The number of imide groups is 1. The van der Waals surface area contributed by atoms with Gasteiger partial charge in [0.2, 0.25) is 0 Å². The van der Waals surface area contributed by atoms with Crippen molar-refractivity contribution in [3.05, 3.63) is 65.2 Å². The van der Waals surface area contributed by atoms with E-state index in [9.17, 15) is 14.4 Å². The molecule has 0 aromatic heterocycles. The fraction of sp³-hybridized carbons (Fsp3) is 0.318. The van der Waals surface area contributed by atoms with Crippen molar-refractivity contribution in [2.24, 2.45) is 5.92 Å². The molecule has 1 unspecified atom stereocenters. The van der Waals surface area contributed by atoms with Crippen LogP contribution in [0.15, 0.2) is 53.4 Å². The Morgan fingerprint density at radius 2 is 1.57 bits per heavy atom. The Labute approximate surface area is 169 Å². The van der Waals surface area contributed by atoms with Gasteiger partial charge in [-0.05, 0) is 48.4 Å². The second kappa shape index (κ2) is 8.61. The largest absolute Gasteiger partial charge is 0.459 e. The number of hydrogen-bond acceptors (Lipinski definition) is 5. The third-order valence-electron chi connectivity index (χ3n) is 4.64. The average molecular weight is 397 g/mol. The molecule has 0 radical (unpaired) electrons. The van der Waals surface area contributed by atoms with E-state index in [4.69, 9.17) is 4.74 Å². The molecule has 2 aromatic rings. The highest BCUT2D eigenvalue weighted by molar-refractivity contribution is 7.98. The molecule has 2 aromatic carbocycles. The van der Waals surface area contributed by atoms with Crippen molar-refractivity contribution in [2.75, 3.05) is 6.26 Å². The molecule has 2 amide bonds. The minimum absolute atomic E-state index is 0.102. The fourth-order valence-corrected chi connectivity index (χ4v) is 3.63. The van der Waals surface area contributed by atoms with E-state index in [2.05, 4.69) is 0 Å². The zero-order chi connectivity index (χ0) is 20.3. The monoisotopic (exact) mass is 397 g/mol. The molecule has 0 fully saturated rings. The van der Waals surface area contributed by atoms with Gasteiger partial charge < -0.3 is 4.74 Å². The van der Waals surface area contributed by atoms with Gasteiger partial charge in [-0.15, -0.1) is 11.8 Å². The second-order valence-corrected chi connectivity index (χ2v) is 8.01. The number of amides is 2. The minimum atomic E-state index is -0.933. The molecule has 1 aliphatic rings. The number of carbonyl (C=O) groups is 3. The Balaban J connectivity index is 1.77. The number of hydrogen-bond donors (Lipinski definition) is 0. The molecule has 6 heteroatoms. The molecule has 28 heavy (non-hydrogen) atoms. The van der Waals surface area contributed by atoms with Crippen LogP contribution in [0.3, 0.4) is 0 Å². The molecule has 1 heterocycles. The summed E-state index contributed by atoms with van der Waals surface area (Å²) in [4.78, 5) is 40.6. The lowest BCUT2D eigenvalue weighted by Crippen LogP contribution is -2.46. The lowest BCUT2D eigenvalue weighted by molar-refractivity contribution is -0.150. The average Bonchev–Trinajstić information content (AvgIpc) is 2.95. The Morgan fingerprint density at radius 1 is 1.00 bits per heavy atom. The number of carbonyl (C=O) groups excluding carboxylic acids is 3. The quantitative estimate of drug-likeness (QED) is 0.399. The highest BCUT2D eigenvalue weighted by Crippen LogP contribution is 2.27. The summed E-state index contributed by atoms with van der Waals surface area (Å²) in [6.07, 6.45) is 2.35. The summed E-state index contributed by atoms with van der Waals surface area (Å²) < 4.78 is 5.48. The van der Waals surface area contributed by atoms with E-state index >= 15 is 0 Å². The normalized spacial score (nSPS) is 14.4. The lowest BCUT2D eigenvalue weighted by Gasteiger charge is -2.26. The first-order chi connectivity index (χ1) is 13.4. The minimum Gasteiger partial charge on any atom is -0.459 e. The maximum Gasteiger partial charge on any atom is 0.329 e. The Morgan fingerprint density at radius 3 is 2.07 bits per heavy atom. The number of ether oxygens (including phenoxy) is 1. The van der Waals surface area contributed by atoms with Crippen molar-refractivity contribution in [3.63, 3.8) is 0 Å². The maximum atomic E-state index is 12.8. The van der Waals surface area contributed by atoms with Crippen LogP contribution in [0.5, 0.6) is 0 Å². The third-order valence-corrected chi connectivity index (χ3v) is 5.39. The zero-order valence-corrected chi connectivity index (χ0v) is 17.0. The predicted octanol–water partition coefficient (Wildman–Crippen LogP) is 4.16. The van der Waals surface area contributed by atoms with Crippen LogP contribution in [0.2, 0.25) is 0 Å². The first-order valence-corrected chi connectivity index (χ1v) is 10.4. The Bertz CT molecular complexity index is 857. The molecular formula is C22H23NO4S. The topological polar surface area (TPSA) is 63.7 Å². The highest BCUT2D eigenvalue weighted by atomic mass is 32.2. The van der Waals surface area contributed by atoms with Gasteiger partial charge >= 0.3 is 5.97 Å². The van der Waals surface area contributed by atoms with Gasteiger partial charge in [0.05, 0.1) is 11.1 Å². The number of esters is 1. The van der Waals surface area contributed by atoms with E-state index in [1.807, 2.05) is 44.4 Å². The molecule has 5 nitrogen and oxygen atoms in total. The summed E-state index contributed by atoms with van der Waals surface area (Å²) in [6, 6.07) is 13.4. The van der Waals surface area contributed by atoms with Crippen LogP contribution in [0.4, 0.5) is 0 Å². The summed E-state index contributed by atoms with van der Waals surface area (Å²) in [5.41, 5.74) is 1.53. The molecule has 0 N–H and O–H groups in total. The maximum absolute atomic E-state index is 12.8. The van der Waals surface area contributed by atoms with Crippen molar-refractivity contribution in [1.82, 2.24) is 4.90 Å². The van der Waals surface area contributed by atoms with Crippen molar-refractivity contribution < 1.29 is 19.1 Å². The summed E-state index contributed by atoms with van der Waals surface area (Å²) in [7, 11) is 0. The first-order valence-electron chi connectivity index (χ1n) is 9.19. The summed E-state index contributed by atoms with van der Waals surface area (Å²) in [5.74, 6) is -1.32. The smallest absolute Gasteiger partial charge is 0.329 e. The summed E-state index contributed by atoms with van der Waals surface area (Å²) in [6.45, 7) is 3.99. The summed E-state index contributed by atoms with van der Waals surface area (Å²) in [5, 5.41) is 0. The standard InChI is InChI=1S/C22H23NO4S/c1-14(2)12-19(22(26)27-13-15-8-10-16(28-3)11-9-15)23-20(24)17-6-4-5-7-18(17)21(23)25/h4-11,14,19H,12-13H2,1-3H3. The molecule has 0 spiro atoms. The van der Waals surface area contributed by atoms with Crippen LogP contribution in [0, 0.1) is 5.92 Å². The van der Waals surface area contributed by atoms with Gasteiger partial charge in [0, 0.05) is 4.90 Å². The molecule has 3 rings (SSSR count). The number of fused-ring (bicyclic) bond motifs is 1. The summed E-state index contributed by atoms with van der Waals surface area (Å²) >= 11 is 1.64. The second-order valence-electron chi connectivity index (χ2n) is 7.13. The number of nitrogens with zero attached hydrogens (tertiary/aromatic N) is 1. The van der Waals surface area contributed by atoms with E-state index in [1.165, 1.54) is 0 Å². The van der Waals surface area contributed by atoms with E-state index in [0.29, 0.717) is 17.5 Å². The fourth-order valence-electron chi connectivity index (χ4n) is 3.22. The van der Waals surface area contributed by atoms with Gasteiger partial charge in [-0.3, -0.25) is 14.5 Å². The van der Waals surface area contributed by atoms with Crippen LogP contribution < -0.4 is 0 Å². The first kappa shape index (κ1) is 20.1. The molecule has 1 atom stereocenters. The van der Waals surface area contributed by atoms with E-state index in [1.54, 1.807) is 36.0 Å². The van der Waals surface area contributed by atoms with Gasteiger partial charge in [-0.25, -0.2) is 4.79 Å². The molecular weight excluding hydrogens is 374 g/mol. The van der Waals surface area contributed by atoms with Crippen molar-refractivity contribution in [1.29, 1.82) is 0 Å². The molecule has 0 saturated carbocycles. The SMILES string of the molecule is CSc1ccc(COC(=O)C(CC(C)C)N2C(=O)c3ccccc3C2=O)cc1. The van der Waals surface area contributed by atoms with Gasteiger partial charge in [0.15, 0.2) is 0 Å². The van der Waals surface area contributed by atoms with Crippen LogP contribution in [0.1, 0.15) is 46.5 Å². The van der Waals surface area contributed by atoms with Gasteiger partial charge in [-0.2, -0.15) is 0 Å². The van der Waals surface area contributed by atoms with Crippen molar-refractivity contribution in [3.8, 4) is 0 Å². The highest BCUT2D eigenvalue weighted by Gasteiger charge is 2.43.